The van der Waals surface area contributed by atoms with Gasteiger partial charge in [-0.05, 0) is 38.7 Å². The summed E-state index contributed by atoms with van der Waals surface area (Å²) < 4.78 is 4.98. The number of aromatic nitrogens is 2. The van der Waals surface area contributed by atoms with Crippen LogP contribution in [0.3, 0.4) is 0 Å². The average Bonchev–Trinajstić information content (AvgIpc) is 3.25. The fourth-order valence-electron chi connectivity index (χ4n) is 2.74. The molecular weight excluding hydrogens is 284 g/mol. The zero-order chi connectivity index (χ0) is 15.5. The highest BCUT2D eigenvalue weighted by Gasteiger charge is 2.28. The maximum Gasteiger partial charge on any atom is 0.409 e. The predicted molar refractivity (Wildman–Crippen MR) is 79.6 cm³/mol. The molecule has 1 aliphatic carbocycles. The lowest BCUT2D eigenvalue weighted by Crippen LogP contribution is -2.46. The molecule has 22 heavy (non-hydrogen) atoms. The smallest absolute Gasteiger partial charge is 0.409 e. The zero-order valence-electron chi connectivity index (χ0n) is 12.8. The van der Waals surface area contributed by atoms with Gasteiger partial charge < -0.3 is 15.0 Å². The molecule has 0 radical (unpaired) electrons. The second-order valence-corrected chi connectivity index (χ2v) is 5.92. The van der Waals surface area contributed by atoms with E-state index in [2.05, 4.69) is 15.5 Å². The maximum atomic E-state index is 12.2. The summed E-state index contributed by atoms with van der Waals surface area (Å²) in [7, 11) is 0. The molecule has 2 N–H and O–H groups in total. The van der Waals surface area contributed by atoms with E-state index in [4.69, 9.17) is 4.74 Å². The highest BCUT2D eigenvalue weighted by atomic mass is 16.6. The molecule has 2 fully saturated rings. The number of likely N-dealkylation sites (tertiary alicyclic amines) is 1. The number of H-pyrrole nitrogens is 1. The van der Waals surface area contributed by atoms with Crippen molar-refractivity contribution in [2.75, 3.05) is 19.7 Å². The van der Waals surface area contributed by atoms with E-state index in [0.717, 1.165) is 18.5 Å². The Morgan fingerprint density at radius 2 is 2.09 bits per heavy atom. The largest absolute Gasteiger partial charge is 0.450 e. The standard InChI is InChI=1S/C15H22N4O3/c1-2-22-15(21)19-7-5-11(6-8-19)16-14(20)13-9-12(17-18-13)10-3-4-10/h9-11H,2-8H2,1H3,(H,16,20)(H,17,18). The van der Waals surface area contributed by atoms with Crippen LogP contribution in [0.2, 0.25) is 0 Å². The van der Waals surface area contributed by atoms with Crippen molar-refractivity contribution in [3.05, 3.63) is 17.5 Å². The molecule has 3 rings (SSSR count). The summed E-state index contributed by atoms with van der Waals surface area (Å²) in [6.45, 7) is 3.40. The van der Waals surface area contributed by atoms with Crippen LogP contribution in [0.4, 0.5) is 4.79 Å². The van der Waals surface area contributed by atoms with Crippen LogP contribution in [0.5, 0.6) is 0 Å². The van der Waals surface area contributed by atoms with Crippen molar-refractivity contribution in [3.8, 4) is 0 Å². The Morgan fingerprint density at radius 3 is 2.73 bits per heavy atom. The lowest BCUT2D eigenvalue weighted by molar-refractivity contribution is 0.0856. The number of nitrogens with one attached hydrogen (secondary N) is 2. The number of carbonyl (C=O) groups is 2. The number of hydrogen-bond donors (Lipinski definition) is 2. The number of ether oxygens (including phenoxy) is 1. The van der Waals surface area contributed by atoms with Crippen molar-refractivity contribution in [1.29, 1.82) is 0 Å². The van der Waals surface area contributed by atoms with Gasteiger partial charge in [-0.2, -0.15) is 5.10 Å². The first kappa shape index (κ1) is 14.9. The third-order valence-electron chi connectivity index (χ3n) is 4.20. The summed E-state index contributed by atoms with van der Waals surface area (Å²) in [5, 5.41) is 10.0. The van der Waals surface area contributed by atoms with Crippen molar-refractivity contribution in [2.45, 2.75) is 44.6 Å². The van der Waals surface area contributed by atoms with Crippen LogP contribution in [-0.4, -0.2) is 52.8 Å². The van der Waals surface area contributed by atoms with Gasteiger partial charge in [0.2, 0.25) is 0 Å². The van der Waals surface area contributed by atoms with Crippen LogP contribution >= 0.6 is 0 Å². The first-order valence-corrected chi connectivity index (χ1v) is 7.95. The fraction of sp³-hybridized carbons (Fsp3) is 0.667. The van der Waals surface area contributed by atoms with E-state index in [-0.39, 0.29) is 18.0 Å². The van der Waals surface area contributed by atoms with Crippen LogP contribution in [0.25, 0.3) is 0 Å². The van der Waals surface area contributed by atoms with Gasteiger partial charge in [-0.25, -0.2) is 4.79 Å². The van der Waals surface area contributed by atoms with Gasteiger partial charge in [0.25, 0.3) is 5.91 Å². The van der Waals surface area contributed by atoms with E-state index < -0.39 is 0 Å². The molecule has 0 spiro atoms. The second kappa shape index (κ2) is 6.37. The predicted octanol–water partition coefficient (Wildman–Crippen LogP) is 1.64. The van der Waals surface area contributed by atoms with Crippen molar-refractivity contribution in [1.82, 2.24) is 20.4 Å². The van der Waals surface area contributed by atoms with Gasteiger partial charge >= 0.3 is 6.09 Å². The van der Waals surface area contributed by atoms with Crippen LogP contribution in [0.1, 0.15) is 54.7 Å². The molecule has 2 aliphatic rings. The highest BCUT2D eigenvalue weighted by molar-refractivity contribution is 5.92. The molecule has 0 unspecified atom stereocenters. The number of carbonyl (C=O) groups excluding carboxylic acids is 2. The third-order valence-corrected chi connectivity index (χ3v) is 4.20. The van der Waals surface area contributed by atoms with Gasteiger partial charge in [0.15, 0.2) is 0 Å². The van der Waals surface area contributed by atoms with E-state index in [1.54, 1.807) is 11.8 Å². The summed E-state index contributed by atoms with van der Waals surface area (Å²) in [5.41, 5.74) is 1.51. The quantitative estimate of drug-likeness (QED) is 0.885. The Labute approximate surface area is 129 Å². The third kappa shape index (κ3) is 3.40. The second-order valence-electron chi connectivity index (χ2n) is 5.92. The van der Waals surface area contributed by atoms with Gasteiger partial charge in [-0.3, -0.25) is 9.89 Å². The zero-order valence-corrected chi connectivity index (χ0v) is 12.8. The summed E-state index contributed by atoms with van der Waals surface area (Å²) in [4.78, 5) is 25.5. The SMILES string of the molecule is CCOC(=O)N1CCC(NC(=O)c2cc(C3CC3)[nH]n2)CC1. The summed E-state index contributed by atoms with van der Waals surface area (Å²) in [5.74, 6) is 0.416. The van der Waals surface area contributed by atoms with Crippen LogP contribution in [0.15, 0.2) is 6.07 Å². The Hall–Kier alpha value is -2.05. The lowest BCUT2D eigenvalue weighted by Gasteiger charge is -2.31. The van der Waals surface area contributed by atoms with Crippen LogP contribution < -0.4 is 5.32 Å². The van der Waals surface area contributed by atoms with E-state index in [1.165, 1.54) is 12.8 Å². The first-order chi connectivity index (χ1) is 10.7. The number of amides is 2. The number of aromatic amines is 1. The minimum atomic E-state index is -0.270. The molecule has 1 saturated carbocycles. The number of nitrogens with zero attached hydrogens (tertiary/aromatic N) is 2. The average molecular weight is 306 g/mol. The molecular formula is C15H22N4O3. The molecule has 120 valence electrons. The normalized spacial score (nSPS) is 19.0. The molecule has 2 amide bonds. The summed E-state index contributed by atoms with van der Waals surface area (Å²) >= 11 is 0. The maximum absolute atomic E-state index is 12.2. The molecule has 2 heterocycles. The number of rotatable bonds is 4. The van der Waals surface area contributed by atoms with Crippen molar-refractivity contribution in [3.63, 3.8) is 0 Å². The molecule has 7 nitrogen and oxygen atoms in total. The lowest BCUT2D eigenvalue weighted by atomic mass is 10.1. The van der Waals surface area contributed by atoms with Crippen LogP contribution in [-0.2, 0) is 4.74 Å². The molecule has 1 aliphatic heterocycles. The Bertz CT molecular complexity index is 545. The van der Waals surface area contributed by atoms with Gasteiger partial charge in [0.1, 0.15) is 5.69 Å². The molecule has 0 atom stereocenters. The Balaban J connectivity index is 1.47. The van der Waals surface area contributed by atoms with Crippen LogP contribution in [0, 0.1) is 0 Å². The van der Waals surface area contributed by atoms with Crippen molar-refractivity contribution >= 4 is 12.0 Å². The topological polar surface area (TPSA) is 87.3 Å². The van der Waals surface area contributed by atoms with E-state index in [0.29, 0.717) is 31.3 Å². The number of piperidine rings is 1. The minimum absolute atomic E-state index is 0.0826. The highest BCUT2D eigenvalue weighted by Crippen LogP contribution is 2.38. The molecule has 1 aromatic heterocycles. The Kier molecular flexibility index (Phi) is 4.31. The molecule has 7 heteroatoms. The van der Waals surface area contributed by atoms with Crippen molar-refractivity contribution < 1.29 is 14.3 Å². The van der Waals surface area contributed by atoms with E-state index >= 15 is 0 Å². The van der Waals surface area contributed by atoms with Gasteiger partial charge in [0.05, 0.1) is 6.61 Å². The van der Waals surface area contributed by atoms with E-state index in [1.807, 2.05) is 6.07 Å². The molecule has 0 aromatic carbocycles. The number of hydrogen-bond acceptors (Lipinski definition) is 4. The van der Waals surface area contributed by atoms with Gasteiger partial charge in [-0.1, -0.05) is 0 Å². The monoisotopic (exact) mass is 306 g/mol. The van der Waals surface area contributed by atoms with Gasteiger partial charge in [-0.15, -0.1) is 0 Å². The van der Waals surface area contributed by atoms with Crippen molar-refractivity contribution in [2.24, 2.45) is 0 Å². The molecule has 1 saturated heterocycles. The fourth-order valence-corrected chi connectivity index (χ4v) is 2.74. The Morgan fingerprint density at radius 1 is 1.36 bits per heavy atom. The minimum Gasteiger partial charge on any atom is -0.450 e. The molecule has 1 aromatic rings. The summed E-state index contributed by atoms with van der Waals surface area (Å²) in [6, 6.07) is 1.93. The van der Waals surface area contributed by atoms with E-state index in [9.17, 15) is 9.59 Å². The first-order valence-electron chi connectivity index (χ1n) is 7.95. The summed E-state index contributed by atoms with van der Waals surface area (Å²) in [6.07, 6.45) is 3.56. The van der Waals surface area contributed by atoms with Gasteiger partial charge in [0, 0.05) is 30.7 Å². The molecule has 0 bridgehead atoms.